The first-order valence-electron chi connectivity index (χ1n) is 13.9. The van der Waals surface area contributed by atoms with Crippen LogP contribution in [0.2, 0.25) is 0 Å². The van der Waals surface area contributed by atoms with E-state index in [1.165, 1.54) is 11.3 Å². The second-order valence-electron chi connectivity index (χ2n) is 11.1. The third-order valence-corrected chi connectivity index (χ3v) is 9.98. The van der Waals surface area contributed by atoms with Crippen LogP contribution in [0.15, 0.2) is 36.4 Å². The normalized spacial score (nSPS) is 14.8. The summed E-state index contributed by atoms with van der Waals surface area (Å²) >= 11 is 1.28. The number of nitriles is 1. The number of benzene rings is 2. The van der Waals surface area contributed by atoms with Gasteiger partial charge in [0.2, 0.25) is 0 Å². The second kappa shape index (κ2) is 13.4. The summed E-state index contributed by atoms with van der Waals surface area (Å²) in [6, 6.07) is 13.2. The highest BCUT2D eigenvalue weighted by Crippen LogP contribution is 2.40. The Morgan fingerprint density at radius 2 is 1.90 bits per heavy atom. The number of hydrogen-bond acceptors (Lipinski definition) is 7. The third-order valence-electron chi connectivity index (χ3n) is 7.26. The third kappa shape index (κ3) is 8.22. The predicted octanol–water partition coefficient (Wildman–Crippen LogP) is 6.90. The molecule has 2 heterocycles. The number of alkyl halides is 3. The molecule has 1 fully saturated rings. The van der Waals surface area contributed by atoms with E-state index in [0.717, 1.165) is 36.3 Å². The Morgan fingerprint density at radius 3 is 2.55 bits per heavy atom. The molecule has 2 N–H and O–H groups in total. The fourth-order valence-electron chi connectivity index (χ4n) is 5.03. The molecule has 2 aromatic carbocycles. The van der Waals surface area contributed by atoms with Gasteiger partial charge in [0.05, 0.1) is 33.9 Å². The lowest BCUT2D eigenvalue weighted by atomic mass is 10.0. The lowest BCUT2D eigenvalue weighted by Gasteiger charge is -2.35. The minimum absolute atomic E-state index is 0.136. The Balaban J connectivity index is 1.57. The summed E-state index contributed by atoms with van der Waals surface area (Å²) in [5.74, 6) is 6.31. The first-order valence-corrected chi connectivity index (χ1v) is 17.3. The van der Waals surface area contributed by atoms with Gasteiger partial charge in [-0.1, -0.05) is 24.0 Å². The fourth-order valence-corrected chi connectivity index (χ4v) is 7.06. The van der Waals surface area contributed by atoms with Crippen LogP contribution in [0.4, 0.5) is 24.5 Å². The largest absolute Gasteiger partial charge is 0.477 e. The summed E-state index contributed by atoms with van der Waals surface area (Å²) in [6.45, 7) is 9.60. The molecule has 1 aromatic heterocycles. The van der Waals surface area contributed by atoms with Crippen molar-refractivity contribution in [2.75, 3.05) is 50.2 Å². The van der Waals surface area contributed by atoms with Crippen LogP contribution in [0.3, 0.4) is 0 Å². The number of nitrogens with zero attached hydrogens (tertiary/aromatic N) is 2. The topological polar surface area (TPSA) is 77.4 Å². The van der Waals surface area contributed by atoms with Crippen molar-refractivity contribution < 1.29 is 22.5 Å². The van der Waals surface area contributed by atoms with E-state index < -0.39 is 19.7 Å². The van der Waals surface area contributed by atoms with Crippen LogP contribution in [0.25, 0.3) is 10.1 Å². The molecule has 0 unspecified atom stereocenters. The van der Waals surface area contributed by atoms with Crippen molar-refractivity contribution in [1.82, 2.24) is 4.90 Å². The molecule has 0 saturated carbocycles. The number of rotatable bonds is 9. The average Bonchev–Trinajstić information content (AvgIpc) is 3.26. The maximum atomic E-state index is 13.6. The van der Waals surface area contributed by atoms with Gasteiger partial charge in [-0.05, 0) is 75.2 Å². The maximum absolute atomic E-state index is 13.6. The molecule has 0 aliphatic carbocycles. The zero-order valence-electron chi connectivity index (χ0n) is 24.3. The molecule has 3 aromatic rings. The molecule has 0 spiro atoms. The lowest BCUT2D eigenvalue weighted by molar-refractivity contribution is -0.126. The highest BCUT2D eigenvalue weighted by Gasteiger charge is 2.31. The number of piperidine rings is 1. The Bertz CT molecular complexity index is 1550. The van der Waals surface area contributed by atoms with Gasteiger partial charge in [-0.2, -0.15) is 18.4 Å². The maximum Gasteiger partial charge on any atom is 0.393 e. The van der Waals surface area contributed by atoms with Gasteiger partial charge in [0.25, 0.3) is 0 Å². The number of thiophene rings is 1. The zero-order valence-corrected chi connectivity index (χ0v) is 26.0. The van der Waals surface area contributed by atoms with Crippen molar-refractivity contribution >= 4 is 45.2 Å². The zero-order chi connectivity index (χ0) is 30.5. The standard InChI is InChI=1S/C31H36F3N4O2PS/c1-21(2)38-16-12-22(13-17-38)37-27-8-5-7-24-25(20-31(32,33)34)29(42-30(24)27)9-6-15-36-26-11-10-23(41(3,4)39)19-28(26)40-18-14-35/h5,7-8,10-11,19,21-22,36-37H,12-13,15-18,20H2,1-4H3. The van der Waals surface area contributed by atoms with Crippen LogP contribution in [0.1, 0.15) is 37.1 Å². The molecular formula is C31H36F3N4O2PS. The molecule has 42 heavy (non-hydrogen) atoms. The molecule has 1 saturated heterocycles. The summed E-state index contributed by atoms with van der Waals surface area (Å²) in [7, 11) is -2.55. The van der Waals surface area contributed by atoms with Gasteiger partial charge < -0.3 is 24.8 Å². The molecule has 0 radical (unpaired) electrons. The minimum Gasteiger partial charge on any atom is -0.477 e. The van der Waals surface area contributed by atoms with E-state index in [0.29, 0.717) is 33.0 Å². The Labute approximate surface area is 249 Å². The molecule has 6 nitrogen and oxygen atoms in total. The van der Waals surface area contributed by atoms with Gasteiger partial charge >= 0.3 is 6.18 Å². The van der Waals surface area contributed by atoms with Crippen LogP contribution < -0.4 is 20.7 Å². The molecular weight excluding hydrogens is 580 g/mol. The SMILES string of the molecule is CC(C)N1CCC(Nc2cccc3c(CC(F)(F)F)c(C#CCNc4ccc(P(C)(C)=O)cc4OCC#N)sc23)CC1. The van der Waals surface area contributed by atoms with Crippen LogP contribution in [0.5, 0.6) is 5.75 Å². The Hall–Kier alpha value is -3.17. The summed E-state index contributed by atoms with van der Waals surface area (Å²) in [5, 5.41) is 16.8. The Morgan fingerprint density at radius 1 is 1.17 bits per heavy atom. The summed E-state index contributed by atoms with van der Waals surface area (Å²) in [6.07, 6.45) is -3.48. The van der Waals surface area contributed by atoms with Gasteiger partial charge in [0.1, 0.15) is 19.0 Å². The van der Waals surface area contributed by atoms with Crippen LogP contribution in [0, 0.1) is 23.2 Å². The lowest BCUT2D eigenvalue weighted by Crippen LogP contribution is -2.42. The molecule has 4 rings (SSSR count). The minimum atomic E-state index is -4.37. The molecule has 0 bridgehead atoms. The predicted molar refractivity (Wildman–Crippen MR) is 167 cm³/mol. The van der Waals surface area contributed by atoms with Gasteiger partial charge in [0.15, 0.2) is 6.61 Å². The van der Waals surface area contributed by atoms with Crippen molar-refractivity contribution in [3.05, 3.63) is 46.8 Å². The van der Waals surface area contributed by atoms with E-state index in [-0.39, 0.29) is 24.8 Å². The van der Waals surface area contributed by atoms with Crippen molar-refractivity contribution in [3.63, 3.8) is 0 Å². The number of nitrogens with one attached hydrogen (secondary N) is 2. The highest BCUT2D eigenvalue weighted by atomic mass is 32.1. The number of halogens is 3. The number of hydrogen-bond donors (Lipinski definition) is 2. The number of likely N-dealkylation sites (tertiary alicyclic amines) is 1. The molecule has 0 amide bonds. The van der Waals surface area contributed by atoms with Crippen molar-refractivity contribution in [1.29, 1.82) is 5.26 Å². The van der Waals surface area contributed by atoms with Crippen LogP contribution in [-0.2, 0) is 11.0 Å². The average molecular weight is 617 g/mol. The first-order chi connectivity index (χ1) is 19.9. The first kappa shape index (κ1) is 31.8. The molecule has 1 aliphatic rings. The smallest absolute Gasteiger partial charge is 0.393 e. The van der Waals surface area contributed by atoms with E-state index in [1.54, 1.807) is 43.7 Å². The molecule has 0 atom stereocenters. The summed E-state index contributed by atoms with van der Waals surface area (Å²) in [5.41, 5.74) is 1.59. The summed E-state index contributed by atoms with van der Waals surface area (Å²) in [4.78, 5) is 2.83. The van der Waals surface area contributed by atoms with Crippen LogP contribution >= 0.6 is 18.5 Å². The highest BCUT2D eigenvalue weighted by molar-refractivity contribution is 7.70. The van der Waals surface area contributed by atoms with E-state index in [9.17, 15) is 17.7 Å². The quantitative estimate of drug-likeness (QED) is 0.201. The number of fused-ring (bicyclic) bond motifs is 1. The van der Waals surface area contributed by atoms with E-state index in [1.807, 2.05) is 12.1 Å². The van der Waals surface area contributed by atoms with E-state index in [4.69, 9.17) is 10.00 Å². The number of anilines is 2. The van der Waals surface area contributed by atoms with E-state index >= 15 is 0 Å². The van der Waals surface area contributed by atoms with Gasteiger partial charge in [-0.3, -0.25) is 0 Å². The van der Waals surface area contributed by atoms with Gasteiger partial charge in [-0.25, -0.2) is 0 Å². The van der Waals surface area contributed by atoms with Crippen molar-refractivity contribution in [2.24, 2.45) is 0 Å². The number of ether oxygens (including phenoxy) is 1. The molecule has 11 heteroatoms. The Kier molecular flexibility index (Phi) is 10.1. The second-order valence-corrected chi connectivity index (χ2v) is 15.3. The monoisotopic (exact) mass is 616 g/mol. The van der Waals surface area contributed by atoms with Crippen molar-refractivity contribution in [2.45, 2.75) is 51.4 Å². The van der Waals surface area contributed by atoms with Crippen LogP contribution in [-0.4, -0.2) is 62.7 Å². The fraction of sp³-hybridized carbons (Fsp3) is 0.452. The molecule has 224 valence electrons. The van der Waals surface area contributed by atoms with Gasteiger partial charge in [-0.15, -0.1) is 11.3 Å². The van der Waals surface area contributed by atoms with Crippen molar-refractivity contribution in [3.8, 4) is 23.7 Å². The van der Waals surface area contributed by atoms with E-state index in [2.05, 4.69) is 41.2 Å². The summed E-state index contributed by atoms with van der Waals surface area (Å²) < 4.78 is 59.7. The molecule has 1 aliphatic heterocycles. The van der Waals surface area contributed by atoms with Gasteiger partial charge in [0, 0.05) is 30.5 Å².